The molecule has 0 bridgehead atoms. The Morgan fingerprint density at radius 3 is 2.15 bits per heavy atom. The molecule has 0 saturated carbocycles. The molecule has 0 fully saturated rings. The summed E-state index contributed by atoms with van der Waals surface area (Å²) in [5, 5.41) is 3.36. The second-order valence-corrected chi connectivity index (χ2v) is 8.12. The Hall–Kier alpha value is -1.36. The van der Waals surface area contributed by atoms with Crippen LogP contribution in [0.25, 0.3) is 0 Å². The van der Waals surface area contributed by atoms with E-state index < -0.39 is 19.2 Å². The summed E-state index contributed by atoms with van der Waals surface area (Å²) in [5.74, 6) is -0.394. The van der Waals surface area contributed by atoms with Crippen molar-refractivity contribution in [2.75, 3.05) is 31.7 Å². The predicted molar refractivity (Wildman–Crippen MR) is 105 cm³/mol. The lowest BCUT2D eigenvalue weighted by molar-refractivity contribution is -0.143. The number of para-hydroxylation sites is 1. The van der Waals surface area contributed by atoms with Crippen LogP contribution < -0.4 is 5.32 Å². The van der Waals surface area contributed by atoms with Gasteiger partial charge in [-0.05, 0) is 45.2 Å². The molecule has 1 aromatic rings. The molecule has 0 heterocycles. The van der Waals surface area contributed by atoms with Gasteiger partial charge in [-0.2, -0.15) is 0 Å². The van der Waals surface area contributed by atoms with Gasteiger partial charge in [0.2, 0.25) is 0 Å². The van der Waals surface area contributed by atoms with Crippen molar-refractivity contribution in [1.82, 2.24) is 0 Å². The van der Waals surface area contributed by atoms with E-state index in [1.807, 2.05) is 37.3 Å². The molecule has 0 amide bonds. The molecule has 148 valence electrons. The molecule has 0 aliphatic heterocycles. The van der Waals surface area contributed by atoms with E-state index in [9.17, 15) is 9.36 Å². The number of nitrogens with one attached hydrogen (secondary N) is 1. The van der Waals surface area contributed by atoms with Crippen LogP contribution in [0.5, 0.6) is 0 Å². The van der Waals surface area contributed by atoms with Crippen LogP contribution in [0.3, 0.4) is 0 Å². The fourth-order valence-corrected chi connectivity index (χ4v) is 4.74. The van der Waals surface area contributed by atoms with Crippen LogP contribution in [0.1, 0.15) is 40.5 Å². The molecule has 0 radical (unpaired) electrons. The molecule has 1 unspecified atom stereocenters. The summed E-state index contributed by atoms with van der Waals surface area (Å²) in [7, 11) is -3.58. The van der Waals surface area contributed by atoms with E-state index in [0.717, 1.165) is 12.1 Å². The molecular formula is C19H32NO5P. The Bertz CT molecular complexity index is 556. The third-order valence-corrected chi connectivity index (χ3v) is 6.48. The molecule has 2 atom stereocenters. The number of rotatable bonds is 13. The minimum absolute atomic E-state index is 0.124. The van der Waals surface area contributed by atoms with E-state index in [1.165, 1.54) is 0 Å². The van der Waals surface area contributed by atoms with Crippen molar-refractivity contribution in [3.8, 4) is 0 Å². The predicted octanol–water partition coefficient (Wildman–Crippen LogP) is 4.71. The average Bonchev–Trinajstić information content (AvgIpc) is 2.63. The number of anilines is 1. The molecule has 1 aromatic carbocycles. The normalized spacial score (nSPS) is 13.8. The van der Waals surface area contributed by atoms with E-state index in [0.29, 0.717) is 13.0 Å². The fraction of sp³-hybridized carbons (Fsp3) is 0.632. The molecular weight excluding hydrogens is 353 g/mol. The third kappa shape index (κ3) is 7.10. The molecule has 6 nitrogen and oxygen atoms in total. The van der Waals surface area contributed by atoms with Crippen LogP contribution in [0.2, 0.25) is 0 Å². The smallest absolute Gasteiger partial charge is 0.344 e. The van der Waals surface area contributed by atoms with Gasteiger partial charge in [0.05, 0.1) is 19.8 Å². The lowest BCUT2D eigenvalue weighted by atomic mass is 10.00. The monoisotopic (exact) mass is 385 g/mol. The van der Waals surface area contributed by atoms with E-state index in [4.69, 9.17) is 13.8 Å². The Labute approximate surface area is 157 Å². The van der Waals surface area contributed by atoms with Crippen molar-refractivity contribution in [2.24, 2.45) is 5.92 Å². The first-order valence-electron chi connectivity index (χ1n) is 9.34. The van der Waals surface area contributed by atoms with E-state index in [-0.39, 0.29) is 25.7 Å². The fourth-order valence-electron chi connectivity index (χ4n) is 2.70. The molecule has 0 spiro atoms. The SMILES string of the molecule is CCOC(=O)C(C[C@@H](CC)CNc1ccccc1)P(=O)(OCC)OCC. The van der Waals surface area contributed by atoms with Crippen LogP contribution in [0.4, 0.5) is 5.69 Å². The minimum Gasteiger partial charge on any atom is -0.465 e. The number of esters is 1. The highest BCUT2D eigenvalue weighted by atomic mass is 31.2. The van der Waals surface area contributed by atoms with Crippen molar-refractivity contribution in [3.63, 3.8) is 0 Å². The van der Waals surface area contributed by atoms with Gasteiger partial charge < -0.3 is 19.1 Å². The maximum absolute atomic E-state index is 13.2. The zero-order valence-corrected chi connectivity index (χ0v) is 17.2. The topological polar surface area (TPSA) is 73.9 Å². The molecule has 0 saturated heterocycles. The number of hydrogen-bond donors (Lipinski definition) is 1. The number of ether oxygens (including phenoxy) is 1. The van der Waals surface area contributed by atoms with Crippen LogP contribution in [-0.4, -0.2) is 38.0 Å². The zero-order valence-electron chi connectivity index (χ0n) is 16.3. The van der Waals surface area contributed by atoms with Gasteiger partial charge in [-0.1, -0.05) is 31.5 Å². The highest BCUT2D eigenvalue weighted by Crippen LogP contribution is 2.55. The second kappa shape index (κ2) is 12.1. The number of hydrogen-bond acceptors (Lipinski definition) is 6. The zero-order chi connectivity index (χ0) is 19.4. The quantitative estimate of drug-likeness (QED) is 0.391. The number of benzene rings is 1. The Kier molecular flexibility index (Phi) is 10.6. The largest absolute Gasteiger partial charge is 0.465 e. The van der Waals surface area contributed by atoms with E-state index in [2.05, 4.69) is 5.32 Å². The molecule has 0 aliphatic rings. The number of carbonyl (C=O) groups excluding carboxylic acids is 1. The summed E-state index contributed by atoms with van der Waals surface area (Å²) in [6.45, 7) is 8.57. The second-order valence-electron chi connectivity index (χ2n) is 5.90. The van der Waals surface area contributed by atoms with Gasteiger partial charge in [0.15, 0.2) is 5.66 Å². The van der Waals surface area contributed by atoms with E-state index in [1.54, 1.807) is 20.8 Å². The van der Waals surface area contributed by atoms with Crippen LogP contribution in [-0.2, 0) is 23.1 Å². The maximum atomic E-state index is 13.2. The molecule has 7 heteroatoms. The molecule has 26 heavy (non-hydrogen) atoms. The summed E-state index contributed by atoms with van der Waals surface area (Å²) in [5.41, 5.74) is 0.0984. The lowest BCUT2D eigenvalue weighted by Gasteiger charge is -2.28. The third-order valence-electron chi connectivity index (χ3n) is 4.06. The Morgan fingerprint density at radius 1 is 1.04 bits per heavy atom. The molecule has 1 rings (SSSR count). The molecule has 0 aliphatic carbocycles. The Morgan fingerprint density at radius 2 is 1.65 bits per heavy atom. The van der Waals surface area contributed by atoms with Crippen LogP contribution >= 0.6 is 7.60 Å². The van der Waals surface area contributed by atoms with Gasteiger partial charge in [-0.25, -0.2) is 0 Å². The summed E-state index contributed by atoms with van der Waals surface area (Å²) in [6.07, 6.45) is 1.21. The van der Waals surface area contributed by atoms with Gasteiger partial charge in [-0.3, -0.25) is 9.36 Å². The first-order chi connectivity index (χ1) is 12.5. The summed E-state index contributed by atoms with van der Waals surface area (Å²) >= 11 is 0. The maximum Gasteiger partial charge on any atom is 0.344 e. The summed E-state index contributed by atoms with van der Waals surface area (Å²) in [4.78, 5) is 12.5. The van der Waals surface area contributed by atoms with Gasteiger partial charge in [0, 0.05) is 12.2 Å². The van der Waals surface area contributed by atoms with E-state index >= 15 is 0 Å². The van der Waals surface area contributed by atoms with Crippen molar-refractivity contribution in [2.45, 2.75) is 46.2 Å². The van der Waals surface area contributed by atoms with Crippen molar-refractivity contribution >= 4 is 19.3 Å². The summed E-state index contributed by atoms with van der Waals surface area (Å²) < 4.78 is 29.2. The van der Waals surface area contributed by atoms with Crippen molar-refractivity contribution < 1.29 is 23.1 Å². The number of carbonyl (C=O) groups is 1. The van der Waals surface area contributed by atoms with Crippen molar-refractivity contribution in [3.05, 3.63) is 30.3 Å². The van der Waals surface area contributed by atoms with Gasteiger partial charge in [-0.15, -0.1) is 0 Å². The van der Waals surface area contributed by atoms with Gasteiger partial charge in [0.25, 0.3) is 0 Å². The Balaban J connectivity index is 2.90. The first kappa shape index (κ1) is 22.7. The van der Waals surface area contributed by atoms with Crippen molar-refractivity contribution in [1.29, 1.82) is 0 Å². The molecule has 1 N–H and O–H groups in total. The first-order valence-corrected chi connectivity index (χ1v) is 11.0. The molecule has 0 aromatic heterocycles. The van der Waals surface area contributed by atoms with Gasteiger partial charge in [0.1, 0.15) is 0 Å². The average molecular weight is 385 g/mol. The van der Waals surface area contributed by atoms with Crippen LogP contribution in [0.15, 0.2) is 30.3 Å². The highest BCUT2D eigenvalue weighted by molar-refractivity contribution is 7.55. The minimum atomic E-state index is -3.58. The van der Waals surface area contributed by atoms with Crippen LogP contribution in [0, 0.1) is 5.92 Å². The summed E-state index contributed by atoms with van der Waals surface area (Å²) in [6, 6.07) is 9.85. The van der Waals surface area contributed by atoms with Gasteiger partial charge >= 0.3 is 13.6 Å². The lowest BCUT2D eigenvalue weighted by Crippen LogP contribution is -2.30. The standard InChI is InChI=1S/C19H32NO5P/c1-5-16(15-20-17-12-10-9-11-13-17)14-18(19(21)23-6-2)26(22,24-7-3)25-8-4/h9-13,16,18,20H,5-8,14-15H2,1-4H3/t16-,18?/m1/s1. The highest BCUT2D eigenvalue weighted by Gasteiger charge is 2.43.